The quantitative estimate of drug-likeness (QED) is 0.835. The molecule has 0 saturated heterocycles. The Hall–Kier alpha value is -2.87. The molecule has 1 heterocycles. The summed E-state index contributed by atoms with van der Waals surface area (Å²) in [6, 6.07) is 11.9. The molecule has 0 unspecified atom stereocenters. The van der Waals surface area contributed by atoms with Crippen molar-refractivity contribution in [3.63, 3.8) is 0 Å². The topological polar surface area (TPSA) is 101 Å². The van der Waals surface area contributed by atoms with Crippen molar-refractivity contribution in [1.82, 2.24) is 0 Å². The van der Waals surface area contributed by atoms with Crippen molar-refractivity contribution in [3.05, 3.63) is 54.1 Å². The Labute approximate surface area is 144 Å². The van der Waals surface area contributed by atoms with E-state index in [1.807, 2.05) is 0 Å². The van der Waals surface area contributed by atoms with Crippen LogP contribution in [0.1, 0.15) is 17.3 Å². The molecule has 1 N–H and O–H groups in total. The summed E-state index contributed by atoms with van der Waals surface area (Å²) in [5.41, 5.74) is 0.667. The minimum absolute atomic E-state index is 0.0293. The Kier molecular flexibility index (Phi) is 4.22. The Morgan fingerprint density at radius 2 is 1.76 bits per heavy atom. The number of carbonyl (C=O) groups excluding carboxylic acids is 1. The molecule has 0 bridgehead atoms. The molecule has 0 aromatic heterocycles. The van der Waals surface area contributed by atoms with Crippen LogP contribution < -0.4 is 9.04 Å². The van der Waals surface area contributed by atoms with Crippen LogP contribution in [0, 0.1) is 0 Å². The molecule has 0 radical (unpaired) electrons. The van der Waals surface area contributed by atoms with Crippen LogP contribution >= 0.6 is 0 Å². The molecule has 7 nitrogen and oxygen atoms in total. The number of sulfonamides is 1. The number of Topliss-reactive ketones (excluding diaryl/α,β-unsaturated/α-hetero) is 1. The average molecular weight is 361 g/mol. The summed E-state index contributed by atoms with van der Waals surface area (Å²) in [6.45, 7) is 1.04. The number of nitrogens with zero attached hydrogens (tertiary/aromatic N) is 1. The van der Waals surface area contributed by atoms with Crippen molar-refractivity contribution in [2.75, 3.05) is 10.8 Å². The minimum atomic E-state index is -4.01. The Balaban J connectivity index is 2.06. The number of ether oxygens (including phenoxy) is 1. The molecule has 2 aromatic carbocycles. The molecule has 0 aliphatic carbocycles. The number of carboxylic acid groups (broad SMARTS) is 1. The first kappa shape index (κ1) is 17.0. The van der Waals surface area contributed by atoms with E-state index in [2.05, 4.69) is 0 Å². The summed E-state index contributed by atoms with van der Waals surface area (Å²) >= 11 is 0. The number of carbonyl (C=O) groups is 2. The maximum Gasteiger partial charge on any atom is 0.346 e. The third kappa shape index (κ3) is 3.08. The molecule has 0 amide bonds. The van der Waals surface area contributed by atoms with Gasteiger partial charge in [-0.15, -0.1) is 0 Å². The van der Waals surface area contributed by atoms with Gasteiger partial charge in [0.2, 0.25) is 6.10 Å². The molecule has 2 aromatic rings. The molecule has 0 spiro atoms. The van der Waals surface area contributed by atoms with Crippen molar-refractivity contribution in [2.45, 2.75) is 17.9 Å². The zero-order valence-corrected chi connectivity index (χ0v) is 14.1. The molecular formula is C17H15NO6S. The standard InChI is InChI=1S/C17H15NO6S/c1-11(19)12-6-8-13(9-7-12)25(22,23)18-10-16(17(20)21)24-15-5-3-2-4-14(15)18/h2-9,16H,10H2,1H3,(H,20,21)/t16-/m1/s1. The molecule has 25 heavy (non-hydrogen) atoms. The lowest BCUT2D eigenvalue weighted by atomic mass is 10.2. The van der Waals surface area contributed by atoms with Gasteiger partial charge in [0.15, 0.2) is 5.78 Å². The first-order valence-electron chi connectivity index (χ1n) is 7.43. The smallest absolute Gasteiger partial charge is 0.346 e. The highest BCUT2D eigenvalue weighted by atomic mass is 32.2. The Morgan fingerprint density at radius 3 is 2.36 bits per heavy atom. The van der Waals surface area contributed by atoms with Crippen LogP contribution in [0.4, 0.5) is 5.69 Å². The largest absolute Gasteiger partial charge is 0.478 e. The monoisotopic (exact) mass is 361 g/mol. The van der Waals surface area contributed by atoms with Gasteiger partial charge in [0.25, 0.3) is 10.0 Å². The maximum absolute atomic E-state index is 13.0. The number of para-hydroxylation sites is 2. The second-order valence-corrected chi connectivity index (χ2v) is 7.39. The predicted octanol–water partition coefficient (Wildman–Crippen LogP) is 1.93. The van der Waals surface area contributed by atoms with E-state index in [0.717, 1.165) is 4.31 Å². The van der Waals surface area contributed by atoms with Crippen molar-refractivity contribution in [1.29, 1.82) is 0 Å². The zero-order chi connectivity index (χ0) is 18.2. The highest BCUT2D eigenvalue weighted by Gasteiger charge is 2.37. The molecule has 0 saturated carbocycles. The van der Waals surface area contributed by atoms with Crippen molar-refractivity contribution >= 4 is 27.5 Å². The summed E-state index contributed by atoms with van der Waals surface area (Å²) in [6.07, 6.45) is -1.30. The molecule has 1 atom stereocenters. The van der Waals surface area contributed by atoms with Crippen LogP contribution in [0.3, 0.4) is 0 Å². The summed E-state index contributed by atoms with van der Waals surface area (Å²) < 4.78 is 32.4. The van der Waals surface area contributed by atoms with Gasteiger partial charge in [-0.2, -0.15) is 0 Å². The molecule has 0 fully saturated rings. The van der Waals surface area contributed by atoms with Crippen LogP contribution in [-0.4, -0.2) is 37.9 Å². The summed E-state index contributed by atoms with van der Waals surface area (Å²) in [7, 11) is -4.01. The van der Waals surface area contributed by atoms with Gasteiger partial charge in [0.1, 0.15) is 5.75 Å². The van der Waals surface area contributed by atoms with E-state index in [4.69, 9.17) is 4.74 Å². The van der Waals surface area contributed by atoms with Gasteiger partial charge in [0, 0.05) is 5.56 Å². The van der Waals surface area contributed by atoms with Crippen LogP contribution in [0.5, 0.6) is 5.75 Å². The fraction of sp³-hybridized carbons (Fsp3) is 0.176. The van der Waals surface area contributed by atoms with Gasteiger partial charge in [-0.25, -0.2) is 13.2 Å². The van der Waals surface area contributed by atoms with E-state index in [9.17, 15) is 23.1 Å². The molecule has 3 rings (SSSR count). The number of aliphatic carboxylic acids is 1. The first-order chi connectivity index (χ1) is 11.8. The van der Waals surface area contributed by atoms with E-state index in [0.29, 0.717) is 5.56 Å². The third-order valence-electron chi connectivity index (χ3n) is 3.86. The molecule has 8 heteroatoms. The fourth-order valence-corrected chi connectivity index (χ4v) is 4.02. The van der Waals surface area contributed by atoms with E-state index in [-0.39, 0.29) is 28.7 Å². The molecule has 1 aliphatic heterocycles. The Bertz CT molecular complexity index is 936. The van der Waals surface area contributed by atoms with Crippen molar-refractivity contribution < 1.29 is 27.9 Å². The fourth-order valence-electron chi connectivity index (χ4n) is 2.55. The number of carboxylic acids is 1. The average Bonchev–Trinajstić information content (AvgIpc) is 2.60. The van der Waals surface area contributed by atoms with Crippen LogP contribution in [0.25, 0.3) is 0 Å². The summed E-state index contributed by atoms with van der Waals surface area (Å²) in [5.74, 6) is -1.24. The number of hydrogen-bond donors (Lipinski definition) is 1. The van der Waals surface area contributed by atoms with E-state index >= 15 is 0 Å². The SMILES string of the molecule is CC(=O)c1ccc(S(=O)(=O)N2C[C@H](C(=O)O)Oc3ccccc32)cc1. The van der Waals surface area contributed by atoms with Gasteiger partial charge >= 0.3 is 5.97 Å². The van der Waals surface area contributed by atoms with E-state index in [1.165, 1.54) is 37.3 Å². The first-order valence-corrected chi connectivity index (χ1v) is 8.87. The lowest BCUT2D eigenvalue weighted by molar-refractivity contribution is -0.144. The molecule has 1 aliphatic rings. The van der Waals surface area contributed by atoms with E-state index < -0.39 is 22.1 Å². The number of anilines is 1. The number of rotatable bonds is 4. The second-order valence-electron chi connectivity index (χ2n) is 5.53. The number of hydrogen-bond acceptors (Lipinski definition) is 5. The highest BCUT2D eigenvalue weighted by Crippen LogP contribution is 2.36. The molecular weight excluding hydrogens is 346 g/mol. The minimum Gasteiger partial charge on any atom is -0.478 e. The van der Waals surface area contributed by atoms with Gasteiger partial charge in [-0.3, -0.25) is 9.10 Å². The third-order valence-corrected chi connectivity index (χ3v) is 5.65. The van der Waals surface area contributed by atoms with Crippen LogP contribution in [0.15, 0.2) is 53.4 Å². The Morgan fingerprint density at radius 1 is 1.12 bits per heavy atom. The molecule has 130 valence electrons. The second kappa shape index (κ2) is 6.21. The maximum atomic E-state index is 13.0. The summed E-state index contributed by atoms with van der Waals surface area (Å²) in [5, 5.41) is 9.23. The normalized spacial score (nSPS) is 16.7. The zero-order valence-electron chi connectivity index (χ0n) is 13.2. The van der Waals surface area contributed by atoms with Gasteiger partial charge < -0.3 is 9.84 Å². The lowest BCUT2D eigenvalue weighted by Gasteiger charge is -2.33. The van der Waals surface area contributed by atoms with Gasteiger partial charge in [-0.1, -0.05) is 24.3 Å². The number of ketones is 1. The van der Waals surface area contributed by atoms with Gasteiger partial charge in [-0.05, 0) is 31.2 Å². The van der Waals surface area contributed by atoms with Crippen molar-refractivity contribution in [3.8, 4) is 5.75 Å². The highest BCUT2D eigenvalue weighted by molar-refractivity contribution is 7.92. The van der Waals surface area contributed by atoms with Crippen LogP contribution in [-0.2, 0) is 14.8 Å². The lowest BCUT2D eigenvalue weighted by Crippen LogP contribution is -2.47. The number of benzene rings is 2. The number of fused-ring (bicyclic) bond motifs is 1. The van der Waals surface area contributed by atoms with E-state index in [1.54, 1.807) is 18.2 Å². The van der Waals surface area contributed by atoms with Gasteiger partial charge in [0.05, 0.1) is 17.1 Å². The van der Waals surface area contributed by atoms with Crippen LogP contribution in [0.2, 0.25) is 0 Å². The van der Waals surface area contributed by atoms with Crippen molar-refractivity contribution in [2.24, 2.45) is 0 Å². The summed E-state index contributed by atoms with van der Waals surface area (Å²) in [4.78, 5) is 22.6. The predicted molar refractivity (Wildman–Crippen MR) is 89.5 cm³/mol.